The zero-order valence-corrected chi connectivity index (χ0v) is 15.8. The molecule has 0 aromatic carbocycles. The van der Waals surface area contributed by atoms with Crippen LogP contribution in [0.3, 0.4) is 0 Å². The number of methoxy groups -OCH3 is 1. The Balaban J connectivity index is 1.65. The topological polar surface area (TPSA) is 111 Å². The van der Waals surface area contributed by atoms with E-state index in [0.717, 1.165) is 30.9 Å². The van der Waals surface area contributed by atoms with E-state index in [4.69, 9.17) is 10.5 Å². The number of hydrogen-bond donors (Lipinski definition) is 2. The number of nitrogens with one attached hydrogen (secondary N) is 1. The summed E-state index contributed by atoms with van der Waals surface area (Å²) in [4.78, 5) is 23.4. The maximum atomic E-state index is 12.9. The number of anilines is 1. The molecule has 146 valence electrons. The smallest absolute Gasteiger partial charge is 0.253 e. The van der Waals surface area contributed by atoms with Crippen LogP contribution in [0.15, 0.2) is 30.7 Å². The third-order valence-electron chi connectivity index (χ3n) is 4.98. The van der Waals surface area contributed by atoms with Crippen molar-refractivity contribution in [2.24, 2.45) is 0 Å². The lowest BCUT2D eigenvalue weighted by molar-refractivity contribution is 0.0951. The molecule has 9 nitrogen and oxygen atoms in total. The lowest BCUT2D eigenvalue weighted by Gasteiger charge is -2.14. The van der Waals surface area contributed by atoms with E-state index in [1.54, 1.807) is 30.0 Å². The van der Waals surface area contributed by atoms with Crippen molar-refractivity contribution >= 4 is 17.2 Å². The van der Waals surface area contributed by atoms with Gasteiger partial charge in [0, 0.05) is 30.9 Å². The number of ether oxygens (including phenoxy) is 1. The van der Waals surface area contributed by atoms with Gasteiger partial charge < -0.3 is 20.7 Å². The van der Waals surface area contributed by atoms with Gasteiger partial charge >= 0.3 is 0 Å². The third kappa shape index (κ3) is 3.48. The minimum Gasteiger partial charge on any atom is -0.481 e. The molecule has 28 heavy (non-hydrogen) atoms. The Morgan fingerprint density at radius 2 is 2.11 bits per heavy atom. The Hall–Kier alpha value is -3.20. The quantitative estimate of drug-likeness (QED) is 0.660. The third-order valence-corrected chi connectivity index (χ3v) is 4.98. The fraction of sp³-hybridized carbons (Fsp3) is 0.368. The van der Waals surface area contributed by atoms with Crippen molar-refractivity contribution < 1.29 is 9.53 Å². The van der Waals surface area contributed by atoms with Gasteiger partial charge in [0.2, 0.25) is 5.88 Å². The summed E-state index contributed by atoms with van der Waals surface area (Å²) in [5.74, 6) is 0.545. The van der Waals surface area contributed by atoms with E-state index in [1.807, 2.05) is 6.07 Å². The summed E-state index contributed by atoms with van der Waals surface area (Å²) in [7, 11) is 1.56. The number of carbonyl (C=O) groups excluding carboxylic acids is 1. The van der Waals surface area contributed by atoms with E-state index in [-0.39, 0.29) is 11.7 Å². The fourth-order valence-electron chi connectivity index (χ4n) is 3.56. The molecule has 0 saturated carbocycles. The fourth-order valence-corrected chi connectivity index (χ4v) is 3.56. The molecule has 1 fully saturated rings. The van der Waals surface area contributed by atoms with Gasteiger partial charge in [0.05, 0.1) is 18.4 Å². The molecule has 0 atom stereocenters. The highest BCUT2D eigenvalue weighted by molar-refractivity contribution is 6.05. The second-order valence-electron chi connectivity index (χ2n) is 6.74. The first kappa shape index (κ1) is 18.2. The number of aromatic nitrogens is 4. The molecule has 3 aromatic rings. The van der Waals surface area contributed by atoms with Crippen LogP contribution in [0.4, 0.5) is 5.82 Å². The van der Waals surface area contributed by atoms with Crippen molar-refractivity contribution in [2.75, 3.05) is 39.0 Å². The molecule has 4 rings (SSSR count). The number of nitrogens with two attached hydrogens (primary N) is 1. The molecule has 0 unspecified atom stereocenters. The van der Waals surface area contributed by atoms with Crippen LogP contribution < -0.4 is 15.8 Å². The largest absolute Gasteiger partial charge is 0.481 e. The molecule has 1 saturated heterocycles. The van der Waals surface area contributed by atoms with E-state index in [9.17, 15) is 4.79 Å². The molecule has 4 heterocycles. The van der Waals surface area contributed by atoms with Crippen LogP contribution >= 0.6 is 0 Å². The van der Waals surface area contributed by atoms with Gasteiger partial charge in [-0.2, -0.15) is 5.10 Å². The number of carbonyl (C=O) groups is 1. The van der Waals surface area contributed by atoms with E-state index in [2.05, 4.69) is 25.3 Å². The Morgan fingerprint density at radius 3 is 2.89 bits per heavy atom. The normalized spacial score (nSPS) is 14.5. The van der Waals surface area contributed by atoms with Gasteiger partial charge in [0.1, 0.15) is 11.8 Å². The number of nitrogen functional groups attached to an aromatic ring is 1. The number of pyridine rings is 1. The van der Waals surface area contributed by atoms with Crippen LogP contribution in [0.2, 0.25) is 0 Å². The van der Waals surface area contributed by atoms with Crippen molar-refractivity contribution in [3.8, 4) is 17.1 Å². The number of likely N-dealkylation sites (tertiary alicyclic amines) is 1. The number of amides is 1. The first-order valence-corrected chi connectivity index (χ1v) is 9.30. The zero-order valence-electron chi connectivity index (χ0n) is 15.8. The first-order valence-electron chi connectivity index (χ1n) is 9.30. The van der Waals surface area contributed by atoms with E-state index in [1.165, 1.54) is 19.2 Å². The van der Waals surface area contributed by atoms with Crippen molar-refractivity contribution in [2.45, 2.75) is 12.8 Å². The lowest BCUT2D eigenvalue weighted by Crippen LogP contribution is -2.33. The van der Waals surface area contributed by atoms with E-state index in [0.29, 0.717) is 23.5 Å². The first-order chi connectivity index (χ1) is 13.7. The van der Waals surface area contributed by atoms with Crippen LogP contribution in [-0.2, 0) is 0 Å². The highest BCUT2D eigenvalue weighted by Gasteiger charge is 2.20. The lowest BCUT2D eigenvalue weighted by atomic mass is 10.1. The summed E-state index contributed by atoms with van der Waals surface area (Å²) in [5, 5.41) is 7.29. The molecule has 3 N–H and O–H groups in total. The number of hydrogen-bond acceptors (Lipinski definition) is 7. The summed E-state index contributed by atoms with van der Waals surface area (Å²) < 4.78 is 6.84. The molecule has 0 radical (unpaired) electrons. The Morgan fingerprint density at radius 1 is 1.29 bits per heavy atom. The monoisotopic (exact) mass is 381 g/mol. The molecule has 0 spiro atoms. The van der Waals surface area contributed by atoms with Crippen LogP contribution in [0.25, 0.3) is 16.8 Å². The van der Waals surface area contributed by atoms with Crippen molar-refractivity contribution in [1.82, 2.24) is 29.8 Å². The molecular formula is C19H23N7O2. The molecule has 1 aliphatic rings. The van der Waals surface area contributed by atoms with Gasteiger partial charge in [-0.3, -0.25) is 4.79 Å². The molecule has 3 aromatic heterocycles. The van der Waals surface area contributed by atoms with Crippen LogP contribution in [0, 0.1) is 0 Å². The van der Waals surface area contributed by atoms with Gasteiger partial charge in [-0.15, -0.1) is 0 Å². The van der Waals surface area contributed by atoms with E-state index < -0.39 is 0 Å². The Kier molecular flexibility index (Phi) is 5.07. The predicted octanol–water partition coefficient (Wildman–Crippen LogP) is 1.21. The van der Waals surface area contributed by atoms with Gasteiger partial charge in [0.25, 0.3) is 5.91 Å². The van der Waals surface area contributed by atoms with Crippen molar-refractivity contribution in [1.29, 1.82) is 0 Å². The second kappa shape index (κ2) is 7.81. The highest BCUT2D eigenvalue weighted by Crippen LogP contribution is 2.29. The Labute approximate surface area is 162 Å². The number of nitrogens with zero attached hydrogens (tertiary/aromatic N) is 5. The molecule has 1 amide bonds. The standard InChI is InChI=1S/C19H23N7O2/c1-28-16-10-13(4-5-21-16)15-11-14(17-18(20)23-12-24-26(15)17)19(27)22-6-9-25-7-2-3-8-25/h4-5,10-12H,2-3,6-9H2,1H3,(H,22,27)(H2,20,23,24). The maximum absolute atomic E-state index is 12.9. The number of rotatable bonds is 6. The summed E-state index contributed by atoms with van der Waals surface area (Å²) in [5.41, 5.74) is 8.55. The van der Waals surface area contributed by atoms with Gasteiger partial charge in [0.15, 0.2) is 5.82 Å². The highest BCUT2D eigenvalue weighted by atomic mass is 16.5. The zero-order chi connectivity index (χ0) is 19.5. The molecular weight excluding hydrogens is 358 g/mol. The van der Waals surface area contributed by atoms with Gasteiger partial charge in [-0.1, -0.05) is 0 Å². The molecule has 0 bridgehead atoms. The minimum atomic E-state index is -0.189. The van der Waals surface area contributed by atoms with Crippen LogP contribution in [0.5, 0.6) is 5.88 Å². The molecule has 1 aliphatic heterocycles. The predicted molar refractivity (Wildman–Crippen MR) is 105 cm³/mol. The van der Waals surface area contributed by atoms with Crippen molar-refractivity contribution in [3.63, 3.8) is 0 Å². The SMILES string of the molecule is COc1cc(-c2cc(C(=O)NCCN3CCCC3)c3c(N)ncnn23)ccn1. The maximum Gasteiger partial charge on any atom is 0.253 e. The average molecular weight is 381 g/mol. The number of fused-ring (bicyclic) bond motifs is 1. The van der Waals surface area contributed by atoms with Crippen LogP contribution in [0.1, 0.15) is 23.2 Å². The average Bonchev–Trinajstić information content (AvgIpc) is 3.36. The van der Waals surface area contributed by atoms with Gasteiger partial charge in [-0.05, 0) is 38.1 Å². The summed E-state index contributed by atoms with van der Waals surface area (Å²) in [6.07, 6.45) is 5.47. The Bertz CT molecular complexity index is 995. The van der Waals surface area contributed by atoms with Gasteiger partial charge in [-0.25, -0.2) is 14.5 Å². The molecule has 0 aliphatic carbocycles. The molecule has 9 heteroatoms. The second-order valence-corrected chi connectivity index (χ2v) is 6.74. The minimum absolute atomic E-state index is 0.189. The summed E-state index contributed by atoms with van der Waals surface area (Å²) >= 11 is 0. The van der Waals surface area contributed by atoms with E-state index >= 15 is 0 Å². The summed E-state index contributed by atoms with van der Waals surface area (Å²) in [6.45, 7) is 3.62. The van der Waals surface area contributed by atoms with Crippen LogP contribution in [-0.4, -0.2) is 63.7 Å². The summed E-state index contributed by atoms with van der Waals surface area (Å²) in [6, 6.07) is 5.40. The van der Waals surface area contributed by atoms with Crippen molar-refractivity contribution in [3.05, 3.63) is 36.3 Å².